The van der Waals surface area contributed by atoms with Crippen molar-refractivity contribution in [3.05, 3.63) is 48.0 Å². The lowest BCUT2D eigenvalue weighted by molar-refractivity contribution is -0.154. The van der Waals surface area contributed by atoms with Crippen molar-refractivity contribution in [3.8, 4) is 24.7 Å². The van der Waals surface area contributed by atoms with E-state index in [-0.39, 0.29) is 55.6 Å². The van der Waals surface area contributed by atoms with Crippen LogP contribution in [0.25, 0.3) is 0 Å². The minimum Gasteiger partial charge on any atom is -0.465 e. The predicted molar refractivity (Wildman–Crippen MR) is 176 cm³/mol. The highest BCUT2D eigenvalue weighted by Crippen LogP contribution is 2.38. The molecule has 0 heterocycles. The molecule has 0 radical (unpaired) electrons. The highest BCUT2D eigenvalue weighted by Gasteiger charge is 2.34. The summed E-state index contributed by atoms with van der Waals surface area (Å²) in [6, 6.07) is 10.1. The molecule has 7 nitrogen and oxygen atoms in total. The van der Waals surface area contributed by atoms with E-state index in [1.807, 2.05) is 32.0 Å². The minimum atomic E-state index is -0.474. The summed E-state index contributed by atoms with van der Waals surface area (Å²) in [4.78, 5) is 36.8. The molecule has 1 N–H and O–H groups in total. The predicted octanol–water partition coefficient (Wildman–Crippen LogP) is 6.75. The molecule has 0 amide bonds. The largest absolute Gasteiger partial charge is 0.465 e. The van der Waals surface area contributed by atoms with Gasteiger partial charge in [-0.1, -0.05) is 42.5 Å². The summed E-state index contributed by atoms with van der Waals surface area (Å²) < 4.78 is 16.4. The summed E-state index contributed by atoms with van der Waals surface area (Å²) in [6.45, 7) is 3.83. The normalized spacial score (nSPS) is 18.4. The average Bonchev–Trinajstić information content (AvgIpc) is 3.36. The molecule has 1 fully saturated rings. The molecule has 45 heavy (non-hydrogen) atoms. The summed E-state index contributed by atoms with van der Waals surface area (Å²) >= 11 is 0. The van der Waals surface area contributed by atoms with E-state index >= 15 is 0 Å². The lowest BCUT2D eigenvalue weighted by atomic mass is 9.86. The third kappa shape index (κ3) is 16.4. The van der Waals surface area contributed by atoms with Crippen molar-refractivity contribution in [1.82, 2.24) is 0 Å². The lowest BCUT2D eigenvalue weighted by Gasteiger charge is -2.24. The van der Waals surface area contributed by atoms with E-state index in [1.165, 1.54) is 5.56 Å². The molecule has 0 aromatic heterocycles. The number of carbonyl (C=O) groups excluding carboxylic acids is 3. The SMILES string of the molecule is C#CCC(CC#C)COC(=O)CCC(=O)O[C@@H](CCc1ccccc1)CC[C@H]1CC[C@H](O)[C@@H]1C/C=C\CCCC(=O)OC(C)C. The van der Waals surface area contributed by atoms with Gasteiger partial charge in [-0.25, -0.2) is 0 Å². The van der Waals surface area contributed by atoms with Crippen molar-refractivity contribution in [1.29, 1.82) is 0 Å². The number of benzene rings is 1. The quantitative estimate of drug-likeness (QED) is 0.0534. The number of terminal acetylenes is 2. The second kappa shape index (κ2) is 22.0. The maximum atomic E-state index is 12.8. The number of ether oxygens (including phenoxy) is 3. The van der Waals surface area contributed by atoms with Crippen LogP contribution in [0.1, 0.15) is 103 Å². The number of hydrogen-bond acceptors (Lipinski definition) is 7. The van der Waals surface area contributed by atoms with Gasteiger partial charge in [0, 0.05) is 25.2 Å². The van der Waals surface area contributed by atoms with Crippen molar-refractivity contribution < 1.29 is 33.7 Å². The Hall–Kier alpha value is -3.55. The molecule has 0 aliphatic heterocycles. The molecule has 0 spiro atoms. The molecule has 0 bridgehead atoms. The first-order chi connectivity index (χ1) is 21.7. The molecule has 1 saturated carbocycles. The Bertz CT molecular complexity index is 1110. The lowest BCUT2D eigenvalue weighted by Crippen LogP contribution is -2.23. The van der Waals surface area contributed by atoms with Gasteiger partial charge in [0.2, 0.25) is 0 Å². The van der Waals surface area contributed by atoms with Crippen LogP contribution in [0.15, 0.2) is 42.5 Å². The van der Waals surface area contributed by atoms with Crippen LogP contribution in [0.4, 0.5) is 0 Å². The van der Waals surface area contributed by atoms with Crippen LogP contribution < -0.4 is 0 Å². The molecule has 2 rings (SSSR count). The van der Waals surface area contributed by atoms with E-state index in [0.29, 0.717) is 38.0 Å². The Morgan fingerprint density at radius 3 is 2.31 bits per heavy atom. The maximum Gasteiger partial charge on any atom is 0.306 e. The van der Waals surface area contributed by atoms with Gasteiger partial charge in [-0.05, 0) is 89.0 Å². The fourth-order valence-corrected chi connectivity index (χ4v) is 5.78. The highest BCUT2D eigenvalue weighted by atomic mass is 16.5. The molecule has 246 valence electrons. The van der Waals surface area contributed by atoms with Gasteiger partial charge in [-0.3, -0.25) is 14.4 Å². The summed E-state index contributed by atoms with van der Waals surface area (Å²) in [7, 11) is 0. The first-order valence-electron chi connectivity index (χ1n) is 16.5. The summed E-state index contributed by atoms with van der Waals surface area (Å²) in [5, 5.41) is 10.7. The van der Waals surface area contributed by atoms with Crippen LogP contribution in [-0.2, 0) is 35.0 Å². The molecule has 1 aliphatic carbocycles. The zero-order valence-electron chi connectivity index (χ0n) is 27.2. The Morgan fingerprint density at radius 2 is 1.62 bits per heavy atom. The van der Waals surface area contributed by atoms with Gasteiger partial charge < -0.3 is 19.3 Å². The molecule has 0 unspecified atom stereocenters. The number of esters is 3. The standard InChI is InChI=1S/C38H52O7/c1-5-14-31(15-6-2)28-43-36(40)26-27-38(42)45-33(23-20-30-16-10-9-11-17-30)24-21-32-22-25-35(39)34(32)18-12-7-8-13-19-37(41)44-29(3)4/h1-2,7,9-12,16-17,29,31-35,39H,8,13-15,18-28H2,3-4H3/b12-7-/t32-,33-,34+,35-/m0/s1. The van der Waals surface area contributed by atoms with Crippen molar-refractivity contribution in [3.63, 3.8) is 0 Å². The monoisotopic (exact) mass is 620 g/mol. The van der Waals surface area contributed by atoms with E-state index in [1.54, 1.807) is 0 Å². The first kappa shape index (κ1) is 37.6. The molecular weight excluding hydrogens is 568 g/mol. The average molecular weight is 621 g/mol. The molecule has 7 heteroatoms. The van der Waals surface area contributed by atoms with Gasteiger partial charge in [0.05, 0.1) is 31.7 Å². The first-order valence-corrected chi connectivity index (χ1v) is 16.5. The number of aliphatic hydroxyl groups excluding tert-OH is 1. The van der Waals surface area contributed by atoms with Crippen molar-refractivity contribution in [2.75, 3.05) is 6.61 Å². The van der Waals surface area contributed by atoms with E-state index in [9.17, 15) is 19.5 Å². The van der Waals surface area contributed by atoms with Crippen molar-refractivity contribution in [2.24, 2.45) is 17.8 Å². The Morgan fingerprint density at radius 1 is 0.933 bits per heavy atom. The number of rotatable bonds is 21. The molecule has 1 aromatic carbocycles. The van der Waals surface area contributed by atoms with E-state index in [0.717, 1.165) is 44.9 Å². The number of hydrogen-bond donors (Lipinski definition) is 1. The highest BCUT2D eigenvalue weighted by molar-refractivity contribution is 5.77. The fourth-order valence-electron chi connectivity index (χ4n) is 5.78. The summed E-state index contributed by atoms with van der Waals surface area (Å²) in [5.41, 5.74) is 1.17. The van der Waals surface area contributed by atoms with E-state index < -0.39 is 11.9 Å². The molecule has 0 saturated heterocycles. The third-order valence-corrected chi connectivity index (χ3v) is 8.21. The smallest absolute Gasteiger partial charge is 0.306 e. The van der Waals surface area contributed by atoms with Crippen LogP contribution in [0.3, 0.4) is 0 Å². The van der Waals surface area contributed by atoms with Crippen LogP contribution in [0.2, 0.25) is 0 Å². The fraction of sp³-hybridized carbons (Fsp3) is 0.605. The van der Waals surface area contributed by atoms with Crippen LogP contribution in [-0.4, -0.2) is 47.9 Å². The van der Waals surface area contributed by atoms with Gasteiger partial charge in [-0.15, -0.1) is 24.7 Å². The molecule has 1 aliphatic rings. The third-order valence-electron chi connectivity index (χ3n) is 8.21. The Kier molecular flexibility index (Phi) is 18.4. The minimum absolute atomic E-state index is 0.0552. The van der Waals surface area contributed by atoms with E-state index in [2.05, 4.69) is 36.1 Å². The Balaban J connectivity index is 1.86. The molecular formula is C38H52O7. The molecule has 1 aromatic rings. The van der Waals surface area contributed by atoms with Crippen molar-refractivity contribution >= 4 is 17.9 Å². The summed E-state index contributed by atoms with van der Waals surface area (Å²) in [5.74, 6) is 4.41. The maximum absolute atomic E-state index is 12.8. The number of unbranched alkanes of at least 4 members (excludes halogenated alkanes) is 1. The van der Waals surface area contributed by atoms with Crippen molar-refractivity contribution in [2.45, 2.75) is 122 Å². The number of aliphatic hydroxyl groups is 1. The van der Waals surface area contributed by atoms with Crippen LogP contribution in [0.5, 0.6) is 0 Å². The number of aryl methyl sites for hydroxylation is 1. The second-order valence-corrected chi connectivity index (χ2v) is 12.3. The van der Waals surface area contributed by atoms with Crippen LogP contribution in [0, 0.1) is 42.4 Å². The number of carbonyl (C=O) groups is 3. The topological polar surface area (TPSA) is 99.1 Å². The summed E-state index contributed by atoms with van der Waals surface area (Å²) in [6.07, 6.45) is 22.3. The Labute approximate surface area is 270 Å². The van der Waals surface area contributed by atoms with Gasteiger partial charge in [0.15, 0.2) is 0 Å². The zero-order chi connectivity index (χ0) is 32.9. The van der Waals surface area contributed by atoms with Gasteiger partial charge in [-0.2, -0.15) is 0 Å². The molecule has 4 atom stereocenters. The number of allylic oxidation sites excluding steroid dienone is 2. The van der Waals surface area contributed by atoms with Gasteiger partial charge in [0.25, 0.3) is 0 Å². The van der Waals surface area contributed by atoms with Crippen LogP contribution >= 0.6 is 0 Å². The zero-order valence-corrected chi connectivity index (χ0v) is 27.2. The van der Waals surface area contributed by atoms with Gasteiger partial charge >= 0.3 is 17.9 Å². The van der Waals surface area contributed by atoms with Gasteiger partial charge in [0.1, 0.15) is 6.10 Å². The second-order valence-electron chi connectivity index (χ2n) is 12.3. The van der Waals surface area contributed by atoms with E-state index in [4.69, 9.17) is 27.1 Å².